The van der Waals surface area contributed by atoms with Crippen LogP contribution in [0.5, 0.6) is 11.5 Å². The van der Waals surface area contributed by atoms with E-state index >= 15 is 0 Å². The minimum Gasteiger partial charge on any atom is -0.507 e. The molecule has 0 saturated carbocycles. The number of carbonyl (C=O) groups is 2. The summed E-state index contributed by atoms with van der Waals surface area (Å²) in [6, 6.07) is 7.96. The quantitative estimate of drug-likeness (QED) is 0.687. The molecule has 0 spiro atoms. The van der Waals surface area contributed by atoms with Crippen molar-refractivity contribution >= 4 is 23.0 Å². The van der Waals surface area contributed by atoms with Gasteiger partial charge < -0.3 is 9.84 Å². The Morgan fingerprint density at radius 2 is 1.72 bits per heavy atom. The monoisotopic (exact) mass is 329 g/mol. The number of benzene rings is 2. The number of hydrogen-bond donors (Lipinski definition) is 1. The molecule has 5 heteroatoms. The van der Waals surface area contributed by atoms with Crippen LogP contribution in [0.3, 0.4) is 0 Å². The van der Waals surface area contributed by atoms with Crippen LogP contribution in [0, 0.1) is 0 Å². The van der Waals surface area contributed by atoms with Crippen LogP contribution in [0.1, 0.15) is 31.8 Å². The predicted octanol–water partition coefficient (Wildman–Crippen LogP) is 3.13. The molecule has 0 bridgehead atoms. The van der Waals surface area contributed by atoms with E-state index < -0.39 is 0 Å². The Labute approximate surface area is 142 Å². The summed E-state index contributed by atoms with van der Waals surface area (Å²) in [5.41, 5.74) is 1.65. The number of rotatable bonds is 0. The molecule has 1 N–H and O–H groups in total. The maximum absolute atomic E-state index is 13.0. The highest BCUT2D eigenvalue weighted by Crippen LogP contribution is 2.46. The zero-order valence-electron chi connectivity index (χ0n) is 12.9. The van der Waals surface area contributed by atoms with Crippen LogP contribution in [0.4, 0.5) is 5.69 Å². The van der Waals surface area contributed by atoms with Gasteiger partial charge in [0, 0.05) is 17.2 Å². The highest BCUT2D eigenvalue weighted by Gasteiger charge is 2.37. The maximum Gasteiger partial charge on any atom is 0.198 e. The molecular formula is C20H11NO4. The van der Waals surface area contributed by atoms with Gasteiger partial charge in [0.1, 0.15) is 11.4 Å². The number of ketones is 2. The number of phenolic OH excluding ortho intramolecular Hbond substituents is 1. The smallest absolute Gasteiger partial charge is 0.198 e. The van der Waals surface area contributed by atoms with Crippen molar-refractivity contribution in [2.45, 2.75) is 6.10 Å². The van der Waals surface area contributed by atoms with Crippen molar-refractivity contribution in [2.75, 3.05) is 0 Å². The predicted molar refractivity (Wildman–Crippen MR) is 91.2 cm³/mol. The Morgan fingerprint density at radius 3 is 2.48 bits per heavy atom. The third kappa shape index (κ3) is 1.80. The number of fused-ring (bicyclic) bond motifs is 5. The number of nitrogens with zero attached hydrogens (tertiary/aromatic N) is 1. The Hall–Kier alpha value is -3.47. The second kappa shape index (κ2) is 4.77. The molecule has 1 heterocycles. The lowest BCUT2D eigenvalue weighted by atomic mass is 9.82. The van der Waals surface area contributed by atoms with Gasteiger partial charge in [0.25, 0.3) is 0 Å². The van der Waals surface area contributed by atoms with Crippen molar-refractivity contribution in [3.63, 3.8) is 0 Å². The molecule has 0 saturated heterocycles. The standard InChI is InChI=1S/C20H11NO4/c22-13-9-15-18(21-12-7-3-4-8-14(12)25-15)17-16(13)19(23)10-5-1-2-6-11(10)20(17)24/h1-9,14,22H. The molecular weight excluding hydrogens is 318 g/mol. The minimum absolute atomic E-state index is 0.0100. The van der Waals surface area contributed by atoms with E-state index in [9.17, 15) is 14.7 Å². The summed E-state index contributed by atoms with van der Waals surface area (Å²) in [6.45, 7) is 0. The average Bonchev–Trinajstić information content (AvgIpc) is 2.64. The fourth-order valence-electron chi connectivity index (χ4n) is 3.41. The third-order valence-corrected chi connectivity index (χ3v) is 4.56. The normalized spacial score (nSPS) is 19.4. The summed E-state index contributed by atoms with van der Waals surface area (Å²) in [4.78, 5) is 30.4. The van der Waals surface area contributed by atoms with Gasteiger partial charge in [-0.3, -0.25) is 9.59 Å². The summed E-state index contributed by atoms with van der Waals surface area (Å²) >= 11 is 0. The third-order valence-electron chi connectivity index (χ3n) is 4.56. The lowest BCUT2D eigenvalue weighted by Crippen LogP contribution is -2.29. The van der Waals surface area contributed by atoms with Gasteiger partial charge >= 0.3 is 0 Å². The van der Waals surface area contributed by atoms with Gasteiger partial charge in [0.05, 0.1) is 16.8 Å². The number of ether oxygens (including phenoxy) is 1. The van der Waals surface area contributed by atoms with Crippen LogP contribution in [0.2, 0.25) is 0 Å². The lowest BCUT2D eigenvalue weighted by molar-refractivity contribution is 0.0976. The van der Waals surface area contributed by atoms with Crippen molar-refractivity contribution in [3.8, 4) is 11.5 Å². The Balaban J connectivity index is 1.82. The van der Waals surface area contributed by atoms with Gasteiger partial charge in [0.2, 0.25) is 0 Å². The molecule has 5 rings (SSSR count). The summed E-state index contributed by atoms with van der Waals surface area (Å²) in [7, 11) is 0. The van der Waals surface area contributed by atoms with Crippen LogP contribution in [0.15, 0.2) is 59.6 Å². The first-order valence-electron chi connectivity index (χ1n) is 7.83. The summed E-state index contributed by atoms with van der Waals surface area (Å²) in [6.07, 6.45) is 6.95. The van der Waals surface area contributed by atoms with E-state index in [1.807, 2.05) is 18.2 Å². The number of hydrogen-bond acceptors (Lipinski definition) is 5. The van der Waals surface area contributed by atoms with Gasteiger partial charge in [-0.05, 0) is 12.2 Å². The largest absolute Gasteiger partial charge is 0.507 e. The van der Waals surface area contributed by atoms with Gasteiger partial charge in [-0.25, -0.2) is 4.99 Å². The fraction of sp³-hybridized carbons (Fsp3) is 0.0500. The number of phenols is 1. The molecule has 0 fully saturated rings. The first-order valence-corrected chi connectivity index (χ1v) is 7.83. The molecule has 25 heavy (non-hydrogen) atoms. The topological polar surface area (TPSA) is 76.0 Å². The number of aliphatic imine (C=N–C) groups is 1. The molecule has 5 nitrogen and oxygen atoms in total. The highest BCUT2D eigenvalue weighted by atomic mass is 16.5. The van der Waals surface area contributed by atoms with Gasteiger partial charge in [-0.1, -0.05) is 36.4 Å². The molecule has 120 valence electrons. The first kappa shape index (κ1) is 13.9. The van der Waals surface area contributed by atoms with Crippen molar-refractivity contribution in [1.29, 1.82) is 0 Å². The number of aromatic hydroxyl groups is 1. The molecule has 0 amide bonds. The lowest BCUT2D eigenvalue weighted by Gasteiger charge is -2.28. The van der Waals surface area contributed by atoms with Crippen LogP contribution >= 0.6 is 0 Å². The number of allylic oxidation sites excluding steroid dienone is 2. The Bertz CT molecular complexity index is 1080. The Morgan fingerprint density at radius 1 is 1.00 bits per heavy atom. The molecule has 2 aromatic rings. The van der Waals surface area contributed by atoms with Crippen LogP contribution in [-0.2, 0) is 0 Å². The van der Waals surface area contributed by atoms with Crippen molar-refractivity contribution < 1.29 is 19.4 Å². The van der Waals surface area contributed by atoms with E-state index in [0.29, 0.717) is 22.7 Å². The molecule has 3 aliphatic rings. The average molecular weight is 329 g/mol. The van der Waals surface area contributed by atoms with Gasteiger partial charge in [0.15, 0.2) is 23.4 Å². The molecule has 0 radical (unpaired) electrons. The Kier molecular flexibility index (Phi) is 2.65. The van der Waals surface area contributed by atoms with Gasteiger partial charge in [-0.15, -0.1) is 0 Å². The van der Waals surface area contributed by atoms with E-state index in [1.165, 1.54) is 6.07 Å². The molecule has 1 aliphatic heterocycles. The van der Waals surface area contributed by atoms with Crippen LogP contribution < -0.4 is 4.74 Å². The molecule has 1 unspecified atom stereocenters. The van der Waals surface area contributed by atoms with E-state index in [2.05, 4.69) is 4.99 Å². The maximum atomic E-state index is 13.0. The van der Waals surface area contributed by atoms with E-state index in [0.717, 1.165) is 0 Å². The summed E-state index contributed by atoms with van der Waals surface area (Å²) < 4.78 is 5.86. The first-order chi connectivity index (χ1) is 12.1. The fourth-order valence-corrected chi connectivity index (χ4v) is 3.41. The van der Waals surface area contributed by atoms with E-state index in [4.69, 9.17) is 4.74 Å². The SMILES string of the molecule is O=C1c2ccccc2C(=O)c2c3c(cc(O)c21)OC1C=CC=CC1=N3. The highest BCUT2D eigenvalue weighted by molar-refractivity contribution is 6.31. The van der Waals surface area contributed by atoms with Crippen LogP contribution in [-0.4, -0.2) is 28.5 Å². The van der Waals surface area contributed by atoms with Crippen LogP contribution in [0.25, 0.3) is 0 Å². The molecule has 1 atom stereocenters. The number of carbonyl (C=O) groups excluding carboxylic acids is 2. The second-order valence-electron chi connectivity index (χ2n) is 6.02. The van der Waals surface area contributed by atoms with Crippen molar-refractivity contribution in [3.05, 3.63) is 76.9 Å². The molecule has 2 aliphatic carbocycles. The summed E-state index contributed by atoms with van der Waals surface area (Å²) in [5.74, 6) is -0.688. The van der Waals surface area contributed by atoms with Crippen molar-refractivity contribution in [1.82, 2.24) is 0 Å². The zero-order chi connectivity index (χ0) is 17.1. The summed E-state index contributed by atoms with van der Waals surface area (Å²) in [5, 5.41) is 10.4. The van der Waals surface area contributed by atoms with E-state index in [1.54, 1.807) is 30.3 Å². The second-order valence-corrected chi connectivity index (χ2v) is 6.02. The van der Waals surface area contributed by atoms with Gasteiger partial charge in [-0.2, -0.15) is 0 Å². The minimum atomic E-state index is -0.382. The van der Waals surface area contributed by atoms with Crippen molar-refractivity contribution in [2.24, 2.45) is 4.99 Å². The zero-order valence-corrected chi connectivity index (χ0v) is 12.9. The molecule has 0 aromatic heterocycles. The molecule has 2 aromatic carbocycles. The van der Waals surface area contributed by atoms with E-state index in [-0.39, 0.29) is 40.1 Å².